The lowest BCUT2D eigenvalue weighted by molar-refractivity contribution is 0.290. The van der Waals surface area contributed by atoms with Gasteiger partial charge in [0.15, 0.2) is 0 Å². The van der Waals surface area contributed by atoms with Crippen molar-refractivity contribution < 1.29 is 5.11 Å². The van der Waals surface area contributed by atoms with Crippen molar-refractivity contribution in [2.45, 2.75) is 19.8 Å². The Morgan fingerprint density at radius 1 is 0.806 bits per heavy atom. The third kappa shape index (κ3) is 5.25. The van der Waals surface area contributed by atoms with Crippen LogP contribution in [0, 0.1) is 6.92 Å². The van der Waals surface area contributed by atoms with Crippen molar-refractivity contribution in [3.05, 3.63) is 101 Å². The van der Waals surface area contributed by atoms with E-state index in [1.54, 1.807) is 0 Å². The number of nitrogens with one attached hydrogen (secondary N) is 1. The molecule has 0 aliphatic carbocycles. The third-order valence-electron chi connectivity index (χ3n) is 5.99. The molecule has 3 nitrogen and oxygen atoms in total. The number of allylic oxidation sites excluding steroid dienone is 1. The van der Waals surface area contributed by atoms with Gasteiger partial charge in [-0.15, -0.1) is 0 Å². The Labute approximate surface area is 186 Å². The Morgan fingerprint density at radius 2 is 1.42 bits per heavy atom. The molecule has 4 rings (SSSR count). The summed E-state index contributed by atoms with van der Waals surface area (Å²) in [5.74, 6) is 0. The number of nitrogens with zero attached hydrogens (tertiary/aromatic N) is 1. The smallest absolute Gasteiger partial charge is 0.0434 e. The first-order valence-corrected chi connectivity index (χ1v) is 11.3. The van der Waals surface area contributed by atoms with Gasteiger partial charge in [-0.3, -0.25) is 0 Å². The first kappa shape index (κ1) is 21.4. The van der Waals surface area contributed by atoms with Gasteiger partial charge in [-0.1, -0.05) is 72.3 Å². The fourth-order valence-electron chi connectivity index (χ4n) is 4.31. The number of aliphatic hydroxyl groups excluding tert-OH is 1. The second-order valence-electron chi connectivity index (χ2n) is 8.20. The van der Waals surface area contributed by atoms with E-state index in [2.05, 4.69) is 96.0 Å². The van der Waals surface area contributed by atoms with Crippen molar-refractivity contribution in [2.75, 3.05) is 37.7 Å². The maximum atomic E-state index is 9.57. The molecule has 1 fully saturated rings. The second kappa shape index (κ2) is 10.4. The van der Waals surface area contributed by atoms with Crippen LogP contribution >= 0.6 is 0 Å². The van der Waals surface area contributed by atoms with Crippen LogP contribution in [0.25, 0.3) is 11.1 Å². The van der Waals surface area contributed by atoms with Crippen LogP contribution in [0.1, 0.15) is 35.1 Å². The molecule has 0 radical (unpaired) electrons. The van der Waals surface area contributed by atoms with Crippen LogP contribution in [0.4, 0.5) is 5.69 Å². The number of piperazine rings is 1. The zero-order chi connectivity index (χ0) is 21.5. The Kier molecular flexibility index (Phi) is 7.18. The molecule has 1 aliphatic rings. The highest BCUT2D eigenvalue weighted by molar-refractivity contribution is 5.98. The molecule has 0 bridgehead atoms. The summed E-state index contributed by atoms with van der Waals surface area (Å²) in [6.07, 6.45) is 1.59. The van der Waals surface area contributed by atoms with E-state index >= 15 is 0 Å². The molecule has 0 saturated carbocycles. The zero-order valence-electron chi connectivity index (χ0n) is 18.3. The van der Waals surface area contributed by atoms with Crippen molar-refractivity contribution >= 4 is 16.8 Å². The van der Waals surface area contributed by atoms with E-state index in [0.717, 1.165) is 39.0 Å². The Hall–Kier alpha value is -2.88. The van der Waals surface area contributed by atoms with Crippen LogP contribution in [-0.2, 0) is 0 Å². The summed E-state index contributed by atoms with van der Waals surface area (Å²) in [4.78, 5) is 2.44. The Bertz CT molecular complexity index is 985. The third-order valence-corrected chi connectivity index (χ3v) is 5.99. The van der Waals surface area contributed by atoms with Gasteiger partial charge < -0.3 is 15.3 Å². The molecule has 1 saturated heterocycles. The number of anilines is 1. The summed E-state index contributed by atoms with van der Waals surface area (Å²) >= 11 is 0. The van der Waals surface area contributed by atoms with E-state index in [1.165, 1.54) is 39.1 Å². The Morgan fingerprint density at radius 3 is 2.03 bits per heavy atom. The van der Waals surface area contributed by atoms with E-state index in [0.29, 0.717) is 0 Å². The van der Waals surface area contributed by atoms with Gasteiger partial charge in [-0.2, -0.15) is 0 Å². The highest BCUT2D eigenvalue weighted by Crippen LogP contribution is 2.36. The fourth-order valence-corrected chi connectivity index (χ4v) is 4.31. The summed E-state index contributed by atoms with van der Waals surface area (Å²) in [5, 5.41) is 13.0. The molecule has 0 unspecified atom stereocenters. The van der Waals surface area contributed by atoms with Crippen LogP contribution in [0.5, 0.6) is 0 Å². The maximum Gasteiger partial charge on any atom is 0.0434 e. The molecule has 160 valence electrons. The monoisotopic (exact) mass is 412 g/mol. The summed E-state index contributed by atoms with van der Waals surface area (Å²) in [6.45, 7) is 6.49. The van der Waals surface area contributed by atoms with Crippen molar-refractivity contribution in [1.82, 2.24) is 5.32 Å². The molecule has 1 aliphatic heterocycles. The minimum atomic E-state index is 0.194. The van der Waals surface area contributed by atoms with E-state index in [-0.39, 0.29) is 6.61 Å². The van der Waals surface area contributed by atoms with Crippen molar-refractivity contribution in [3.63, 3.8) is 0 Å². The minimum absolute atomic E-state index is 0.194. The van der Waals surface area contributed by atoms with Gasteiger partial charge in [0, 0.05) is 38.5 Å². The Balaban J connectivity index is 1.81. The lowest BCUT2D eigenvalue weighted by Crippen LogP contribution is -2.43. The molecule has 0 spiro atoms. The first-order chi connectivity index (χ1) is 15.3. The van der Waals surface area contributed by atoms with Gasteiger partial charge in [-0.05, 0) is 59.7 Å². The molecule has 31 heavy (non-hydrogen) atoms. The second-order valence-corrected chi connectivity index (χ2v) is 8.20. The van der Waals surface area contributed by atoms with Gasteiger partial charge >= 0.3 is 0 Å². The molecule has 3 aromatic rings. The number of hydrogen-bond donors (Lipinski definition) is 2. The van der Waals surface area contributed by atoms with Crippen molar-refractivity contribution in [3.8, 4) is 0 Å². The number of rotatable bonds is 7. The summed E-state index contributed by atoms with van der Waals surface area (Å²) < 4.78 is 0. The van der Waals surface area contributed by atoms with E-state index < -0.39 is 0 Å². The van der Waals surface area contributed by atoms with E-state index in [9.17, 15) is 5.11 Å². The van der Waals surface area contributed by atoms with Crippen LogP contribution in [0.15, 0.2) is 78.9 Å². The molecule has 1 heterocycles. The standard InChI is InChI=1S/C28H32N2O/c1-22-9-11-24(12-10-22)28(27(8-5-21-31)23-6-3-2-4-7-23)25-13-15-26(16-14-25)30-19-17-29-18-20-30/h2-4,6-7,9-16,29,31H,5,8,17-21H2,1H3. The summed E-state index contributed by atoms with van der Waals surface area (Å²) in [7, 11) is 0. The minimum Gasteiger partial charge on any atom is -0.396 e. The first-order valence-electron chi connectivity index (χ1n) is 11.3. The predicted octanol–water partition coefficient (Wildman–Crippen LogP) is 5.14. The average Bonchev–Trinajstić information content (AvgIpc) is 2.84. The highest BCUT2D eigenvalue weighted by atomic mass is 16.2. The molecule has 3 aromatic carbocycles. The van der Waals surface area contributed by atoms with E-state index in [1.807, 2.05) is 0 Å². The molecule has 2 N–H and O–H groups in total. The van der Waals surface area contributed by atoms with Crippen molar-refractivity contribution in [2.24, 2.45) is 0 Å². The van der Waals surface area contributed by atoms with Crippen LogP contribution in [-0.4, -0.2) is 37.9 Å². The molecule has 3 heteroatoms. The highest BCUT2D eigenvalue weighted by Gasteiger charge is 2.16. The molecule has 0 atom stereocenters. The number of aliphatic hydroxyl groups is 1. The van der Waals surface area contributed by atoms with Gasteiger partial charge in [-0.25, -0.2) is 0 Å². The molecule has 0 amide bonds. The number of aryl methyl sites for hydroxylation is 1. The lowest BCUT2D eigenvalue weighted by Gasteiger charge is -2.29. The fraction of sp³-hybridized carbons (Fsp3) is 0.286. The topological polar surface area (TPSA) is 35.5 Å². The maximum absolute atomic E-state index is 9.57. The zero-order valence-corrected chi connectivity index (χ0v) is 18.3. The summed E-state index contributed by atoms with van der Waals surface area (Å²) in [6, 6.07) is 28.4. The normalized spacial score (nSPS) is 15.0. The average molecular weight is 413 g/mol. The largest absolute Gasteiger partial charge is 0.396 e. The molecular formula is C28H32N2O. The van der Waals surface area contributed by atoms with Gasteiger partial charge in [0.05, 0.1) is 0 Å². The number of benzene rings is 3. The van der Waals surface area contributed by atoms with Crippen LogP contribution < -0.4 is 10.2 Å². The molecular weight excluding hydrogens is 380 g/mol. The van der Waals surface area contributed by atoms with Gasteiger partial charge in [0.25, 0.3) is 0 Å². The molecule has 0 aromatic heterocycles. The lowest BCUT2D eigenvalue weighted by atomic mass is 9.87. The van der Waals surface area contributed by atoms with Crippen LogP contribution in [0.3, 0.4) is 0 Å². The predicted molar refractivity (Wildman–Crippen MR) is 131 cm³/mol. The van der Waals surface area contributed by atoms with Gasteiger partial charge in [0.1, 0.15) is 0 Å². The van der Waals surface area contributed by atoms with Crippen molar-refractivity contribution in [1.29, 1.82) is 0 Å². The van der Waals surface area contributed by atoms with Gasteiger partial charge in [0.2, 0.25) is 0 Å². The van der Waals surface area contributed by atoms with E-state index in [4.69, 9.17) is 0 Å². The SMILES string of the molecule is Cc1ccc(C(=C(CCCO)c2ccccc2)c2ccc(N3CCNCC3)cc2)cc1. The number of hydrogen-bond acceptors (Lipinski definition) is 3. The van der Waals surface area contributed by atoms with Crippen LogP contribution in [0.2, 0.25) is 0 Å². The quantitative estimate of drug-likeness (QED) is 0.528. The summed E-state index contributed by atoms with van der Waals surface area (Å²) in [5.41, 5.74) is 8.74.